The lowest BCUT2D eigenvalue weighted by Gasteiger charge is -2.42. The third-order valence-electron chi connectivity index (χ3n) is 5.62. The highest BCUT2D eigenvalue weighted by Crippen LogP contribution is 2.44. The molecule has 1 fully saturated rings. The molecule has 0 unspecified atom stereocenters. The number of rotatable bonds is 4. The number of nitrogens with one attached hydrogen (secondary N) is 1. The molecule has 1 aliphatic rings. The van der Waals surface area contributed by atoms with Crippen molar-refractivity contribution in [3.63, 3.8) is 0 Å². The first kappa shape index (κ1) is 21.6. The van der Waals surface area contributed by atoms with E-state index in [0.29, 0.717) is 5.52 Å². The van der Waals surface area contributed by atoms with E-state index >= 15 is 0 Å². The molecule has 0 saturated heterocycles. The smallest absolute Gasteiger partial charge is 0.390 e. The van der Waals surface area contributed by atoms with Gasteiger partial charge in [-0.1, -0.05) is 17.7 Å². The van der Waals surface area contributed by atoms with Crippen LogP contribution in [0.2, 0.25) is 5.02 Å². The van der Waals surface area contributed by atoms with Crippen LogP contribution in [0, 0.1) is 5.92 Å². The Bertz CT molecular complexity index is 1150. The van der Waals surface area contributed by atoms with Gasteiger partial charge in [-0.3, -0.25) is 9.48 Å². The lowest BCUT2D eigenvalue weighted by atomic mass is 9.71. The van der Waals surface area contributed by atoms with E-state index < -0.39 is 23.4 Å². The summed E-state index contributed by atoms with van der Waals surface area (Å²) in [6, 6.07) is 6.50. The summed E-state index contributed by atoms with van der Waals surface area (Å²) in [7, 11) is 0. The van der Waals surface area contributed by atoms with Crippen LogP contribution in [0.3, 0.4) is 0 Å². The van der Waals surface area contributed by atoms with Gasteiger partial charge >= 0.3 is 6.18 Å². The Morgan fingerprint density at radius 2 is 1.97 bits per heavy atom. The molecule has 3 aromatic rings. The molecule has 2 aromatic heterocycles. The number of fused-ring (bicyclic) bond motifs is 1. The molecule has 164 valence electrons. The lowest BCUT2D eigenvalue weighted by Crippen LogP contribution is -2.41. The van der Waals surface area contributed by atoms with Crippen LogP contribution in [0.4, 0.5) is 18.9 Å². The first-order chi connectivity index (χ1) is 14.4. The van der Waals surface area contributed by atoms with Gasteiger partial charge in [-0.25, -0.2) is 4.98 Å². The number of nitrogens with zero attached hydrogens (tertiary/aromatic N) is 3. The zero-order valence-electron chi connectivity index (χ0n) is 16.7. The summed E-state index contributed by atoms with van der Waals surface area (Å²) in [6.45, 7) is 3.59. The number of hydrogen-bond acceptors (Lipinski definition) is 4. The van der Waals surface area contributed by atoms with Gasteiger partial charge in [-0.2, -0.15) is 18.3 Å². The quantitative estimate of drug-likeness (QED) is 0.578. The van der Waals surface area contributed by atoms with Gasteiger partial charge in [0.1, 0.15) is 11.4 Å². The number of halogens is 4. The average Bonchev–Trinajstić information content (AvgIpc) is 3.00. The first-order valence-corrected chi connectivity index (χ1v) is 10.1. The highest BCUT2D eigenvalue weighted by atomic mass is 35.5. The van der Waals surface area contributed by atoms with E-state index in [1.807, 2.05) is 10.9 Å². The van der Waals surface area contributed by atoms with Crippen LogP contribution in [0.25, 0.3) is 10.9 Å². The molecule has 6 nitrogen and oxygen atoms in total. The van der Waals surface area contributed by atoms with Gasteiger partial charge in [0.2, 0.25) is 0 Å². The van der Waals surface area contributed by atoms with Crippen LogP contribution >= 0.6 is 11.6 Å². The minimum absolute atomic E-state index is 0.162. The van der Waals surface area contributed by atoms with Gasteiger partial charge in [0, 0.05) is 11.6 Å². The zero-order valence-corrected chi connectivity index (χ0v) is 17.5. The molecule has 31 heavy (non-hydrogen) atoms. The second kappa shape index (κ2) is 7.49. The number of anilines is 1. The number of benzene rings is 1. The number of hydrogen-bond donors (Lipinski definition) is 2. The fourth-order valence-corrected chi connectivity index (χ4v) is 3.84. The molecule has 1 amide bonds. The van der Waals surface area contributed by atoms with Crippen molar-refractivity contribution in [2.45, 2.75) is 44.5 Å². The highest BCUT2D eigenvalue weighted by Gasteiger charge is 2.40. The molecular weight excluding hydrogens is 433 g/mol. The van der Waals surface area contributed by atoms with Gasteiger partial charge in [0.15, 0.2) is 0 Å². The molecule has 0 spiro atoms. The molecule has 0 bridgehead atoms. The fraction of sp³-hybridized carbons (Fsp3) is 0.381. The zero-order chi connectivity index (χ0) is 22.6. The highest BCUT2D eigenvalue weighted by molar-refractivity contribution is 6.34. The first-order valence-electron chi connectivity index (χ1n) is 9.68. The summed E-state index contributed by atoms with van der Waals surface area (Å²) in [5.74, 6) is -0.602. The van der Waals surface area contributed by atoms with Crippen LogP contribution in [0.1, 0.15) is 48.9 Å². The number of alkyl halides is 3. The Kier molecular flexibility index (Phi) is 5.21. The number of amides is 1. The predicted octanol–water partition coefficient (Wildman–Crippen LogP) is 5.08. The standard InChI is InChI=1S/C21H20ClF3N4O2/c1-20(2,31)12-7-13(8-12)29-10-11-6-17(14(22)9-16(11)28-29)27-19(30)15-4-3-5-18(26-15)21(23,24)25/h3-6,9-10,12-13,31H,7-8H2,1-2H3,(H,27,30)/t12-,13+. The SMILES string of the molecule is CC(C)(O)[C@H]1C[C@@H](n2cc3cc(NC(=O)c4cccc(C(F)(F)F)n4)c(Cl)cc3n2)C1. The Morgan fingerprint density at radius 1 is 1.26 bits per heavy atom. The number of aliphatic hydroxyl groups is 1. The number of carbonyl (C=O) groups is 1. The number of carbonyl (C=O) groups excluding carboxylic acids is 1. The summed E-state index contributed by atoms with van der Waals surface area (Å²) < 4.78 is 40.4. The molecule has 10 heteroatoms. The van der Waals surface area contributed by atoms with E-state index in [-0.39, 0.29) is 28.4 Å². The van der Waals surface area contributed by atoms with Crippen LogP contribution in [-0.4, -0.2) is 31.4 Å². The number of aromatic nitrogens is 3. The van der Waals surface area contributed by atoms with Crippen molar-refractivity contribution in [2.24, 2.45) is 5.92 Å². The number of pyridine rings is 1. The summed E-state index contributed by atoms with van der Waals surface area (Å²) in [6.07, 6.45) is -1.21. The van der Waals surface area contributed by atoms with Crippen LogP contribution in [-0.2, 0) is 6.18 Å². The van der Waals surface area contributed by atoms with E-state index in [2.05, 4.69) is 15.4 Å². The van der Waals surface area contributed by atoms with Crippen molar-refractivity contribution >= 4 is 34.1 Å². The van der Waals surface area contributed by atoms with Crippen molar-refractivity contribution in [2.75, 3.05) is 5.32 Å². The Labute approximate surface area is 181 Å². The maximum atomic E-state index is 12.8. The van der Waals surface area contributed by atoms with E-state index in [1.165, 1.54) is 6.07 Å². The maximum absolute atomic E-state index is 12.8. The van der Waals surface area contributed by atoms with Gasteiger partial charge in [0.25, 0.3) is 5.91 Å². The predicted molar refractivity (Wildman–Crippen MR) is 110 cm³/mol. The molecule has 0 atom stereocenters. The van der Waals surface area contributed by atoms with Crippen molar-refractivity contribution < 1.29 is 23.1 Å². The molecular formula is C21H20ClF3N4O2. The molecule has 1 saturated carbocycles. The largest absolute Gasteiger partial charge is 0.433 e. The topological polar surface area (TPSA) is 80.0 Å². The van der Waals surface area contributed by atoms with Crippen molar-refractivity contribution in [3.05, 3.63) is 52.9 Å². The second-order valence-electron chi connectivity index (χ2n) is 8.34. The van der Waals surface area contributed by atoms with Crippen molar-refractivity contribution in [3.8, 4) is 0 Å². The summed E-state index contributed by atoms with van der Waals surface area (Å²) in [5, 5.41) is 18.1. The Morgan fingerprint density at radius 3 is 2.61 bits per heavy atom. The van der Waals surface area contributed by atoms with E-state index in [1.54, 1.807) is 26.0 Å². The molecule has 2 N–H and O–H groups in total. The normalized spacial score (nSPS) is 19.3. The minimum Gasteiger partial charge on any atom is -0.390 e. The molecule has 0 aliphatic heterocycles. The van der Waals surface area contributed by atoms with Gasteiger partial charge in [-0.15, -0.1) is 0 Å². The van der Waals surface area contributed by atoms with Gasteiger partial charge in [0.05, 0.1) is 27.9 Å². The van der Waals surface area contributed by atoms with Crippen LogP contribution in [0.15, 0.2) is 36.5 Å². The molecule has 1 aromatic carbocycles. The molecule has 2 heterocycles. The van der Waals surface area contributed by atoms with Crippen molar-refractivity contribution in [1.82, 2.24) is 14.8 Å². The summed E-state index contributed by atoms with van der Waals surface area (Å²) in [4.78, 5) is 15.8. The monoisotopic (exact) mass is 452 g/mol. The average molecular weight is 453 g/mol. The molecule has 1 aliphatic carbocycles. The lowest BCUT2D eigenvalue weighted by molar-refractivity contribution is -0.141. The summed E-state index contributed by atoms with van der Waals surface area (Å²) in [5.41, 5.74) is -1.36. The Hall–Kier alpha value is -2.65. The third-order valence-corrected chi connectivity index (χ3v) is 5.93. The van der Waals surface area contributed by atoms with Gasteiger partial charge < -0.3 is 10.4 Å². The fourth-order valence-electron chi connectivity index (χ4n) is 3.63. The summed E-state index contributed by atoms with van der Waals surface area (Å²) >= 11 is 6.26. The van der Waals surface area contributed by atoms with Crippen LogP contribution in [0.5, 0.6) is 0 Å². The molecule has 4 rings (SSSR count). The second-order valence-corrected chi connectivity index (χ2v) is 8.74. The van der Waals surface area contributed by atoms with E-state index in [0.717, 1.165) is 30.4 Å². The van der Waals surface area contributed by atoms with E-state index in [9.17, 15) is 23.1 Å². The third kappa shape index (κ3) is 4.38. The van der Waals surface area contributed by atoms with Crippen LogP contribution < -0.4 is 5.32 Å². The maximum Gasteiger partial charge on any atom is 0.433 e. The van der Waals surface area contributed by atoms with Gasteiger partial charge in [-0.05, 0) is 56.9 Å². The van der Waals surface area contributed by atoms with E-state index in [4.69, 9.17) is 11.6 Å². The van der Waals surface area contributed by atoms with Crippen molar-refractivity contribution in [1.29, 1.82) is 0 Å². The minimum atomic E-state index is -4.65. The Balaban J connectivity index is 1.54. The molecule has 0 radical (unpaired) electrons.